The third-order valence-corrected chi connectivity index (χ3v) is 4.42. The lowest BCUT2D eigenvalue weighted by molar-refractivity contribution is -0.142. The van der Waals surface area contributed by atoms with Crippen LogP contribution in [0.25, 0.3) is 0 Å². The number of aliphatic carboxylic acids is 1. The molecule has 0 spiro atoms. The van der Waals surface area contributed by atoms with Gasteiger partial charge in [0.1, 0.15) is 6.61 Å². The Morgan fingerprint density at radius 3 is 2.50 bits per heavy atom. The van der Waals surface area contributed by atoms with E-state index >= 15 is 0 Å². The number of sulfone groups is 1. The molecule has 112 valence electrons. The zero-order chi connectivity index (χ0) is 15.0. The number of hydrogen-bond donors (Lipinski definition) is 2. The molecule has 0 fully saturated rings. The number of carboxylic acid groups (broad SMARTS) is 1. The van der Waals surface area contributed by atoms with Crippen LogP contribution in [0.2, 0.25) is 0 Å². The van der Waals surface area contributed by atoms with Crippen molar-refractivity contribution in [3.8, 4) is 0 Å². The summed E-state index contributed by atoms with van der Waals surface area (Å²) in [6, 6.07) is 6.48. The number of nitrogens with one attached hydrogen (secondary N) is 1. The molecule has 0 aliphatic carbocycles. The Labute approximate surface area is 118 Å². The van der Waals surface area contributed by atoms with Crippen molar-refractivity contribution in [2.45, 2.75) is 18.2 Å². The number of carbonyl (C=O) groups is 1. The van der Waals surface area contributed by atoms with Crippen molar-refractivity contribution in [1.29, 1.82) is 0 Å². The minimum absolute atomic E-state index is 0.142. The molecule has 0 radical (unpaired) electrons. The van der Waals surface area contributed by atoms with Gasteiger partial charge in [0.2, 0.25) is 0 Å². The number of ether oxygens (including phenoxy) is 1. The molecule has 6 nitrogen and oxygen atoms in total. The number of benzene rings is 1. The van der Waals surface area contributed by atoms with Gasteiger partial charge in [-0.2, -0.15) is 0 Å². The predicted molar refractivity (Wildman–Crippen MR) is 75.7 cm³/mol. The van der Waals surface area contributed by atoms with E-state index in [0.717, 1.165) is 5.69 Å². The molecule has 7 heteroatoms. The van der Waals surface area contributed by atoms with E-state index in [1.54, 1.807) is 24.3 Å². The van der Waals surface area contributed by atoms with Crippen LogP contribution in [0.5, 0.6) is 0 Å². The zero-order valence-electron chi connectivity index (χ0n) is 11.3. The van der Waals surface area contributed by atoms with Crippen LogP contribution in [-0.4, -0.2) is 45.0 Å². The van der Waals surface area contributed by atoms with E-state index in [2.05, 4.69) is 5.32 Å². The monoisotopic (exact) mass is 301 g/mol. The molecule has 0 saturated heterocycles. The number of hydrogen-bond acceptors (Lipinski definition) is 5. The minimum atomic E-state index is -3.18. The van der Waals surface area contributed by atoms with Crippen LogP contribution < -0.4 is 5.32 Å². The fourth-order valence-electron chi connectivity index (χ4n) is 1.59. The summed E-state index contributed by atoms with van der Waals surface area (Å²) in [5.41, 5.74) is 0.763. The average molecular weight is 301 g/mol. The summed E-state index contributed by atoms with van der Waals surface area (Å²) in [6.45, 7) is 2.22. The molecule has 2 N–H and O–H groups in total. The summed E-state index contributed by atoms with van der Waals surface area (Å²) in [7, 11) is -3.18. The maximum absolute atomic E-state index is 11.8. The Hall–Kier alpha value is -1.60. The van der Waals surface area contributed by atoms with Gasteiger partial charge in [0.25, 0.3) is 0 Å². The molecule has 0 aliphatic heterocycles. The largest absolute Gasteiger partial charge is 0.480 e. The standard InChI is InChI=1S/C13H19NO5S/c1-2-9-20(17,18)12-5-3-11(4-6-12)14-7-8-19-10-13(15)16/h3-6,14H,2,7-10H2,1H3,(H,15,16). The van der Waals surface area contributed by atoms with E-state index in [0.29, 0.717) is 17.9 Å². The SMILES string of the molecule is CCCS(=O)(=O)c1ccc(NCCOCC(=O)O)cc1. The van der Waals surface area contributed by atoms with Gasteiger partial charge in [-0.3, -0.25) is 0 Å². The normalized spacial score (nSPS) is 11.2. The quantitative estimate of drug-likeness (QED) is 0.669. The van der Waals surface area contributed by atoms with Crippen LogP contribution >= 0.6 is 0 Å². The summed E-state index contributed by atoms with van der Waals surface area (Å²) in [5, 5.41) is 11.4. The Balaban J connectivity index is 2.45. The molecule has 0 aromatic heterocycles. The molecule has 1 rings (SSSR count). The Morgan fingerprint density at radius 1 is 1.30 bits per heavy atom. The van der Waals surface area contributed by atoms with Gasteiger partial charge >= 0.3 is 5.97 Å². The van der Waals surface area contributed by atoms with Gasteiger partial charge in [-0.25, -0.2) is 13.2 Å². The number of carboxylic acids is 1. The third-order valence-electron chi connectivity index (χ3n) is 2.49. The van der Waals surface area contributed by atoms with Gasteiger partial charge in [-0.15, -0.1) is 0 Å². The summed E-state index contributed by atoms with van der Waals surface area (Å²) in [5.74, 6) is -0.863. The fourth-order valence-corrected chi connectivity index (χ4v) is 2.92. The van der Waals surface area contributed by atoms with Gasteiger partial charge in [-0.1, -0.05) is 6.92 Å². The van der Waals surface area contributed by atoms with Crippen molar-refractivity contribution in [3.63, 3.8) is 0 Å². The fraction of sp³-hybridized carbons (Fsp3) is 0.462. The van der Waals surface area contributed by atoms with Crippen LogP contribution in [0.15, 0.2) is 29.2 Å². The van der Waals surface area contributed by atoms with E-state index in [1.807, 2.05) is 6.92 Å². The molecule has 1 aromatic rings. The molecule has 0 saturated carbocycles. The first-order valence-electron chi connectivity index (χ1n) is 6.32. The van der Waals surface area contributed by atoms with Gasteiger partial charge in [0.05, 0.1) is 17.3 Å². The van der Waals surface area contributed by atoms with Crippen molar-refractivity contribution in [1.82, 2.24) is 0 Å². The Kier molecular flexibility index (Phi) is 6.47. The van der Waals surface area contributed by atoms with Gasteiger partial charge in [0, 0.05) is 12.2 Å². The molecular weight excluding hydrogens is 282 g/mol. The van der Waals surface area contributed by atoms with E-state index in [9.17, 15) is 13.2 Å². The first-order chi connectivity index (χ1) is 9.45. The van der Waals surface area contributed by atoms with Crippen LogP contribution in [0, 0.1) is 0 Å². The second-order valence-electron chi connectivity index (χ2n) is 4.22. The van der Waals surface area contributed by atoms with E-state index in [-0.39, 0.29) is 19.0 Å². The van der Waals surface area contributed by atoms with E-state index in [4.69, 9.17) is 9.84 Å². The van der Waals surface area contributed by atoms with Crippen molar-refractivity contribution in [2.75, 3.05) is 30.8 Å². The molecule has 0 unspecified atom stereocenters. The highest BCUT2D eigenvalue weighted by molar-refractivity contribution is 7.91. The van der Waals surface area contributed by atoms with Crippen LogP contribution in [0.3, 0.4) is 0 Å². The highest BCUT2D eigenvalue weighted by Gasteiger charge is 2.12. The van der Waals surface area contributed by atoms with Crippen LogP contribution in [0.4, 0.5) is 5.69 Å². The second kappa shape index (κ2) is 7.86. The molecule has 0 bridgehead atoms. The van der Waals surface area contributed by atoms with Gasteiger partial charge < -0.3 is 15.2 Å². The smallest absolute Gasteiger partial charge is 0.329 e. The van der Waals surface area contributed by atoms with Crippen LogP contribution in [0.1, 0.15) is 13.3 Å². The zero-order valence-corrected chi connectivity index (χ0v) is 12.1. The van der Waals surface area contributed by atoms with Gasteiger partial charge in [-0.05, 0) is 30.7 Å². The lowest BCUT2D eigenvalue weighted by Crippen LogP contribution is -2.14. The van der Waals surface area contributed by atoms with Crippen LogP contribution in [-0.2, 0) is 19.4 Å². The Morgan fingerprint density at radius 2 is 1.95 bits per heavy atom. The average Bonchev–Trinajstić information content (AvgIpc) is 2.38. The van der Waals surface area contributed by atoms with Gasteiger partial charge in [0.15, 0.2) is 9.84 Å². The van der Waals surface area contributed by atoms with E-state index in [1.165, 1.54) is 0 Å². The number of rotatable bonds is 9. The lowest BCUT2D eigenvalue weighted by Gasteiger charge is -2.08. The van der Waals surface area contributed by atoms with Crippen molar-refractivity contribution in [3.05, 3.63) is 24.3 Å². The summed E-state index contributed by atoms with van der Waals surface area (Å²) < 4.78 is 28.5. The molecule has 0 atom stereocenters. The first-order valence-corrected chi connectivity index (χ1v) is 7.97. The first kappa shape index (κ1) is 16.5. The highest BCUT2D eigenvalue weighted by atomic mass is 32.2. The van der Waals surface area contributed by atoms with Crippen molar-refractivity contribution in [2.24, 2.45) is 0 Å². The highest BCUT2D eigenvalue weighted by Crippen LogP contribution is 2.15. The third kappa shape index (κ3) is 5.58. The summed E-state index contributed by atoms with van der Waals surface area (Å²) in [4.78, 5) is 10.5. The van der Waals surface area contributed by atoms with Crippen molar-refractivity contribution >= 4 is 21.5 Å². The summed E-state index contributed by atoms with van der Waals surface area (Å²) in [6.07, 6.45) is 0.587. The maximum Gasteiger partial charge on any atom is 0.329 e. The molecule has 20 heavy (non-hydrogen) atoms. The van der Waals surface area contributed by atoms with E-state index < -0.39 is 15.8 Å². The Bertz CT molecular complexity index is 524. The lowest BCUT2D eigenvalue weighted by atomic mass is 10.3. The minimum Gasteiger partial charge on any atom is -0.480 e. The topological polar surface area (TPSA) is 92.7 Å². The molecular formula is C13H19NO5S. The van der Waals surface area contributed by atoms with Crippen molar-refractivity contribution < 1.29 is 23.1 Å². The molecule has 0 heterocycles. The second-order valence-corrected chi connectivity index (χ2v) is 6.33. The predicted octanol–water partition coefficient (Wildman–Crippen LogP) is 1.38. The number of anilines is 1. The summed E-state index contributed by atoms with van der Waals surface area (Å²) >= 11 is 0. The molecule has 0 amide bonds. The molecule has 1 aromatic carbocycles. The maximum atomic E-state index is 11.8. The molecule has 0 aliphatic rings.